The third kappa shape index (κ3) is 3.04. The fourth-order valence-electron chi connectivity index (χ4n) is 8.71. The molecule has 4 rings (SSSR count). The third-order valence-corrected chi connectivity index (χ3v) is 11.3. The highest BCUT2D eigenvalue weighted by Gasteiger charge is 2.68. The van der Waals surface area contributed by atoms with Gasteiger partial charge in [-0.05, 0) is 80.0 Å². The highest BCUT2D eigenvalue weighted by molar-refractivity contribution is 6.33. The molecular formula is C24H36Cl2O3. The van der Waals surface area contributed by atoms with Gasteiger partial charge in [0, 0.05) is 19.3 Å². The van der Waals surface area contributed by atoms with Crippen LogP contribution in [0.25, 0.3) is 0 Å². The van der Waals surface area contributed by atoms with Crippen LogP contribution in [0, 0.1) is 40.4 Å². The number of halogens is 2. The average molecular weight is 443 g/mol. The zero-order valence-corrected chi connectivity index (χ0v) is 20.0. The van der Waals surface area contributed by atoms with Gasteiger partial charge in [-0.15, -0.1) is 23.2 Å². The Kier molecular flexibility index (Phi) is 5.39. The second-order valence-corrected chi connectivity index (χ2v) is 12.4. The van der Waals surface area contributed by atoms with E-state index in [1.807, 2.05) is 0 Å². The standard InChI is InChI=1S/C24H36Cl2O3/c1-13-10-19-17-11-20(25)24(26)12-16(29-15(3)28)6-9-23(24,5)18(17)7-8-22(19,4)21(13)14(2)27/h13,16-21H,6-12H2,1-5H3/t13-,16+,17+,18+,19+,20+,21+,22-,23+,24-/m0/s1. The van der Waals surface area contributed by atoms with Crippen LogP contribution in [0.2, 0.25) is 0 Å². The number of alkyl halides is 2. The van der Waals surface area contributed by atoms with E-state index in [4.69, 9.17) is 27.9 Å². The van der Waals surface area contributed by atoms with Crippen LogP contribution in [0.5, 0.6) is 0 Å². The molecule has 0 aromatic heterocycles. The van der Waals surface area contributed by atoms with Gasteiger partial charge in [-0.2, -0.15) is 0 Å². The first-order chi connectivity index (χ1) is 13.4. The molecule has 4 aliphatic carbocycles. The fraction of sp³-hybridized carbons (Fsp3) is 0.917. The van der Waals surface area contributed by atoms with E-state index in [1.165, 1.54) is 6.92 Å². The van der Waals surface area contributed by atoms with Crippen LogP contribution >= 0.6 is 23.2 Å². The van der Waals surface area contributed by atoms with Crippen molar-refractivity contribution < 1.29 is 14.3 Å². The van der Waals surface area contributed by atoms with Gasteiger partial charge in [0.2, 0.25) is 0 Å². The Morgan fingerprint density at radius 1 is 1.03 bits per heavy atom. The van der Waals surface area contributed by atoms with Crippen LogP contribution in [-0.2, 0) is 14.3 Å². The molecule has 10 atom stereocenters. The molecule has 29 heavy (non-hydrogen) atoms. The number of hydrogen-bond acceptors (Lipinski definition) is 3. The Balaban J connectivity index is 1.65. The summed E-state index contributed by atoms with van der Waals surface area (Å²) in [5.41, 5.74) is 0.0417. The summed E-state index contributed by atoms with van der Waals surface area (Å²) in [5.74, 6) is 2.37. The van der Waals surface area contributed by atoms with Crippen molar-refractivity contribution in [1.29, 1.82) is 0 Å². The maximum atomic E-state index is 12.5. The maximum Gasteiger partial charge on any atom is 0.302 e. The van der Waals surface area contributed by atoms with Gasteiger partial charge < -0.3 is 4.74 Å². The largest absolute Gasteiger partial charge is 0.462 e. The molecule has 0 amide bonds. The Hall–Kier alpha value is -0.280. The monoisotopic (exact) mass is 442 g/mol. The first-order valence-corrected chi connectivity index (χ1v) is 12.3. The number of ketones is 1. The van der Waals surface area contributed by atoms with Gasteiger partial charge in [-0.1, -0.05) is 20.8 Å². The lowest BCUT2D eigenvalue weighted by atomic mass is 9.44. The van der Waals surface area contributed by atoms with E-state index in [2.05, 4.69) is 20.8 Å². The van der Waals surface area contributed by atoms with Crippen LogP contribution in [-0.4, -0.2) is 28.1 Å². The summed E-state index contributed by atoms with van der Waals surface area (Å²) in [6.45, 7) is 10.2. The number of hydrogen-bond donors (Lipinski definition) is 0. The summed E-state index contributed by atoms with van der Waals surface area (Å²) in [6.07, 6.45) is 6.62. The molecule has 4 saturated carbocycles. The molecule has 0 aromatic rings. The minimum absolute atomic E-state index is 0.0561. The summed E-state index contributed by atoms with van der Waals surface area (Å²) in [7, 11) is 0. The summed E-state index contributed by atoms with van der Waals surface area (Å²) < 4.78 is 5.56. The molecule has 164 valence electrons. The molecule has 0 saturated heterocycles. The predicted molar refractivity (Wildman–Crippen MR) is 116 cm³/mol. The molecule has 0 unspecified atom stereocenters. The summed E-state index contributed by atoms with van der Waals surface area (Å²) in [5, 5.41) is -0.136. The van der Waals surface area contributed by atoms with Gasteiger partial charge in [0.25, 0.3) is 0 Å². The molecule has 4 fully saturated rings. The quantitative estimate of drug-likeness (QED) is 0.389. The number of Topliss-reactive ketones (excluding diaryl/α,β-unsaturated/α-hetero) is 1. The van der Waals surface area contributed by atoms with E-state index in [0.717, 1.165) is 38.5 Å². The smallest absolute Gasteiger partial charge is 0.302 e. The van der Waals surface area contributed by atoms with Crippen LogP contribution in [0.15, 0.2) is 0 Å². The molecule has 0 bridgehead atoms. The van der Waals surface area contributed by atoms with E-state index in [1.54, 1.807) is 6.92 Å². The highest BCUT2D eigenvalue weighted by atomic mass is 35.5. The second-order valence-electron chi connectivity index (χ2n) is 11.2. The van der Waals surface area contributed by atoms with Crippen molar-refractivity contribution in [1.82, 2.24) is 0 Å². The second kappa shape index (κ2) is 7.12. The number of carbonyl (C=O) groups is 2. The zero-order valence-electron chi connectivity index (χ0n) is 18.5. The van der Waals surface area contributed by atoms with Crippen LogP contribution < -0.4 is 0 Å². The third-order valence-electron chi connectivity index (χ3n) is 9.80. The Labute approximate surface area is 185 Å². The summed E-state index contributed by atoms with van der Waals surface area (Å²) in [4.78, 5) is 23.5. The van der Waals surface area contributed by atoms with Crippen molar-refractivity contribution in [3.05, 3.63) is 0 Å². The minimum atomic E-state index is -0.536. The van der Waals surface area contributed by atoms with Crippen molar-refractivity contribution >= 4 is 35.0 Å². The Bertz CT molecular complexity index is 710. The van der Waals surface area contributed by atoms with E-state index >= 15 is 0 Å². The molecule has 0 N–H and O–H groups in total. The number of ether oxygens (including phenoxy) is 1. The lowest BCUT2D eigenvalue weighted by molar-refractivity contribution is -0.157. The fourth-order valence-corrected chi connectivity index (χ4v) is 9.75. The first kappa shape index (κ1) is 21.9. The van der Waals surface area contributed by atoms with E-state index < -0.39 is 4.87 Å². The number of esters is 1. The molecule has 0 aliphatic heterocycles. The van der Waals surface area contributed by atoms with Crippen molar-refractivity contribution in [3.8, 4) is 0 Å². The molecule has 0 heterocycles. The average Bonchev–Trinajstić information content (AvgIpc) is 2.87. The topological polar surface area (TPSA) is 43.4 Å². The van der Waals surface area contributed by atoms with Crippen LogP contribution in [0.3, 0.4) is 0 Å². The number of fused-ring (bicyclic) bond motifs is 5. The molecule has 4 aliphatic rings. The van der Waals surface area contributed by atoms with Gasteiger partial charge in [-0.25, -0.2) is 0 Å². The molecule has 0 radical (unpaired) electrons. The number of carbonyl (C=O) groups excluding carboxylic acids is 2. The van der Waals surface area contributed by atoms with Crippen molar-refractivity contribution in [2.75, 3.05) is 0 Å². The van der Waals surface area contributed by atoms with Gasteiger partial charge >= 0.3 is 5.97 Å². The van der Waals surface area contributed by atoms with Gasteiger partial charge in [0.05, 0.1) is 10.3 Å². The van der Waals surface area contributed by atoms with Crippen molar-refractivity contribution in [2.24, 2.45) is 40.4 Å². The lowest BCUT2D eigenvalue weighted by Gasteiger charge is -2.65. The van der Waals surface area contributed by atoms with Crippen LogP contribution in [0.4, 0.5) is 0 Å². The zero-order chi connectivity index (χ0) is 21.4. The van der Waals surface area contributed by atoms with Gasteiger partial charge in [0.15, 0.2) is 0 Å². The molecular weight excluding hydrogens is 407 g/mol. The molecule has 0 aromatic carbocycles. The predicted octanol–water partition coefficient (Wildman–Crippen LogP) is 5.99. The Morgan fingerprint density at radius 3 is 2.34 bits per heavy atom. The maximum absolute atomic E-state index is 12.5. The van der Waals surface area contributed by atoms with E-state index in [9.17, 15) is 9.59 Å². The van der Waals surface area contributed by atoms with E-state index in [-0.39, 0.29) is 34.2 Å². The lowest BCUT2D eigenvalue weighted by Crippen LogP contribution is -2.65. The van der Waals surface area contributed by atoms with Crippen molar-refractivity contribution in [3.63, 3.8) is 0 Å². The highest BCUT2D eigenvalue weighted by Crippen LogP contribution is 2.71. The summed E-state index contributed by atoms with van der Waals surface area (Å²) >= 11 is 14.4. The van der Waals surface area contributed by atoms with Gasteiger partial charge in [0.1, 0.15) is 11.9 Å². The molecule has 0 spiro atoms. The summed E-state index contributed by atoms with van der Waals surface area (Å²) in [6, 6.07) is 0. The molecule has 5 heteroatoms. The van der Waals surface area contributed by atoms with Crippen LogP contribution in [0.1, 0.15) is 79.6 Å². The van der Waals surface area contributed by atoms with Crippen molar-refractivity contribution in [2.45, 2.75) is 95.9 Å². The first-order valence-electron chi connectivity index (χ1n) is 11.4. The van der Waals surface area contributed by atoms with Gasteiger partial charge in [-0.3, -0.25) is 9.59 Å². The minimum Gasteiger partial charge on any atom is -0.462 e. The Morgan fingerprint density at radius 2 is 1.72 bits per heavy atom. The molecule has 3 nitrogen and oxygen atoms in total. The SMILES string of the molecule is CC(=O)O[C@@H]1CC[C@]2(C)[C@@H]3CC[C@@]4(C)[C@H](C[C@H](C)[C@@H]4C(C)=O)[C@@H]3C[C@@H](Cl)[C@@]2(Cl)C1. The number of rotatable bonds is 2. The van der Waals surface area contributed by atoms with E-state index in [0.29, 0.717) is 35.9 Å². The normalized spacial score (nSPS) is 54.1.